The molecule has 1 fully saturated rings. The number of alkyl halides is 3. The van der Waals surface area contributed by atoms with E-state index >= 15 is 0 Å². The molecule has 0 saturated carbocycles. The Kier molecular flexibility index (Phi) is 3.50. The first kappa shape index (κ1) is 14.2. The summed E-state index contributed by atoms with van der Waals surface area (Å²) < 4.78 is 33.4. The van der Waals surface area contributed by atoms with Gasteiger partial charge in [0.25, 0.3) is 11.5 Å². The van der Waals surface area contributed by atoms with Gasteiger partial charge in [0.2, 0.25) is 6.23 Å². The van der Waals surface area contributed by atoms with Crippen molar-refractivity contribution in [2.24, 2.45) is 0 Å². The van der Waals surface area contributed by atoms with Gasteiger partial charge in [-0.3, -0.25) is 14.3 Å². The van der Waals surface area contributed by atoms with Crippen LogP contribution in [0.25, 0.3) is 0 Å². The van der Waals surface area contributed by atoms with E-state index in [1.807, 2.05) is 4.98 Å². The topological polar surface area (TPSA) is 84.3 Å². The molecule has 1 aliphatic heterocycles. The van der Waals surface area contributed by atoms with Gasteiger partial charge >= 0.3 is 5.69 Å². The number of ether oxygens (including phenoxy) is 1. The molecule has 2 heterocycles. The highest BCUT2D eigenvalue weighted by Crippen LogP contribution is 2.47. The maximum atomic E-state index is 13.9. The van der Waals surface area contributed by atoms with E-state index in [-0.39, 0.29) is 5.88 Å². The molecule has 0 aromatic carbocycles. The van der Waals surface area contributed by atoms with Gasteiger partial charge in [0, 0.05) is 18.7 Å². The largest absolute Gasteiger partial charge is 0.393 e. The lowest BCUT2D eigenvalue weighted by molar-refractivity contribution is -0.138. The number of aromatic amines is 1. The number of nitrogens with zero attached hydrogens (tertiary/aromatic N) is 1. The molecular weight excluding hydrogens is 286 g/mol. The van der Waals surface area contributed by atoms with Crippen molar-refractivity contribution in [2.45, 2.75) is 24.2 Å². The fourth-order valence-electron chi connectivity index (χ4n) is 1.97. The third-order valence-corrected chi connectivity index (χ3v) is 3.40. The van der Waals surface area contributed by atoms with Crippen LogP contribution in [0.4, 0.5) is 8.78 Å². The molecule has 2 rings (SSSR count). The Labute approximate surface area is 110 Å². The Morgan fingerprint density at radius 1 is 1.58 bits per heavy atom. The van der Waals surface area contributed by atoms with Crippen molar-refractivity contribution < 1.29 is 18.6 Å². The highest BCUT2D eigenvalue weighted by Gasteiger charge is 2.58. The predicted octanol–water partition coefficient (Wildman–Crippen LogP) is 0.0607. The normalized spacial score (nSPS) is 29.6. The third kappa shape index (κ3) is 2.43. The minimum Gasteiger partial charge on any atom is -0.393 e. The summed E-state index contributed by atoms with van der Waals surface area (Å²) in [6.07, 6.45) is -1.81. The zero-order chi connectivity index (χ0) is 14.3. The summed E-state index contributed by atoms with van der Waals surface area (Å²) in [5.74, 6) is -3.73. The van der Waals surface area contributed by atoms with Crippen molar-refractivity contribution in [3.63, 3.8) is 0 Å². The lowest BCUT2D eigenvalue weighted by Crippen LogP contribution is -2.38. The molecule has 1 aromatic heterocycles. The monoisotopic (exact) mass is 296 g/mol. The lowest BCUT2D eigenvalue weighted by atomic mass is 10.0. The average Bonchev–Trinajstić information content (AvgIpc) is 2.62. The molecule has 2 atom stereocenters. The molecule has 0 aliphatic carbocycles. The van der Waals surface area contributed by atoms with Crippen LogP contribution in [0.1, 0.15) is 12.6 Å². The first-order chi connectivity index (χ1) is 8.83. The van der Waals surface area contributed by atoms with Gasteiger partial charge < -0.3 is 9.84 Å². The van der Waals surface area contributed by atoms with E-state index in [9.17, 15) is 18.4 Å². The first-order valence-corrected chi connectivity index (χ1v) is 5.91. The summed E-state index contributed by atoms with van der Waals surface area (Å²) in [4.78, 5) is 24.3. The van der Waals surface area contributed by atoms with Crippen LogP contribution in [-0.2, 0) is 4.74 Å². The van der Waals surface area contributed by atoms with Gasteiger partial charge in [0.1, 0.15) is 5.60 Å². The minimum atomic E-state index is -3.39. The number of halogens is 3. The number of rotatable bonds is 3. The molecule has 19 heavy (non-hydrogen) atoms. The molecule has 1 aromatic rings. The summed E-state index contributed by atoms with van der Waals surface area (Å²) in [6, 6.07) is 0.931. The zero-order valence-corrected chi connectivity index (χ0v) is 10.4. The van der Waals surface area contributed by atoms with Gasteiger partial charge in [-0.25, -0.2) is 13.6 Å². The fraction of sp³-hybridized carbons (Fsp3) is 0.600. The van der Waals surface area contributed by atoms with E-state index in [0.717, 1.165) is 12.3 Å². The van der Waals surface area contributed by atoms with Crippen LogP contribution in [-0.4, -0.2) is 38.7 Å². The number of H-pyrrole nitrogens is 1. The first-order valence-electron chi connectivity index (χ1n) is 5.37. The summed E-state index contributed by atoms with van der Waals surface area (Å²) in [7, 11) is 0. The van der Waals surface area contributed by atoms with E-state index in [0.29, 0.717) is 4.57 Å². The molecule has 1 saturated heterocycles. The van der Waals surface area contributed by atoms with Gasteiger partial charge in [-0.2, -0.15) is 0 Å². The van der Waals surface area contributed by atoms with Crippen LogP contribution in [0.2, 0.25) is 0 Å². The molecule has 0 unspecified atom stereocenters. The van der Waals surface area contributed by atoms with Gasteiger partial charge in [0.15, 0.2) is 0 Å². The molecule has 1 aliphatic rings. The van der Waals surface area contributed by atoms with Crippen molar-refractivity contribution >= 4 is 11.6 Å². The summed E-state index contributed by atoms with van der Waals surface area (Å²) in [5.41, 5.74) is -3.32. The van der Waals surface area contributed by atoms with Crippen LogP contribution < -0.4 is 11.2 Å². The number of nitrogens with one attached hydrogen (secondary N) is 1. The fourth-order valence-corrected chi connectivity index (χ4v) is 2.21. The molecule has 0 amide bonds. The summed E-state index contributed by atoms with van der Waals surface area (Å²) in [6.45, 7) is -0.694. The maximum Gasteiger partial charge on any atom is 0.330 e. The minimum absolute atomic E-state index is 0.340. The quantitative estimate of drug-likeness (QED) is 0.773. The van der Waals surface area contributed by atoms with Gasteiger partial charge in [-0.1, -0.05) is 0 Å². The molecule has 106 valence electrons. The molecular formula is C10H11ClF2N2O4. The van der Waals surface area contributed by atoms with Gasteiger partial charge in [-0.15, -0.1) is 11.6 Å². The van der Waals surface area contributed by atoms with E-state index in [4.69, 9.17) is 21.4 Å². The molecule has 2 N–H and O–H groups in total. The van der Waals surface area contributed by atoms with E-state index in [2.05, 4.69) is 0 Å². The van der Waals surface area contributed by atoms with Gasteiger partial charge in [0.05, 0.1) is 12.5 Å². The highest BCUT2D eigenvalue weighted by molar-refractivity contribution is 6.18. The second-order valence-electron chi connectivity index (χ2n) is 4.40. The predicted molar refractivity (Wildman–Crippen MR) is 61.5 cm³/mol. The number of aliphatic hydroxyl groups is 1. The van der Waals surface area contributed by atoms with Gasteiger partial charge in [-0.05, 0) is 0 Å². The maximum absolute atomic E-state index is 13.9. The molecule has 9 heteroatoms. The standard InChI is InChI=1S/C10H11ClF2N2O4/c11-4-9(5-16)3-10(12,13)7(19-9)15-2-1-6(17)14-8(15)18/h1-2,7,16H,3-5H2,(H,14,17,18)/t7-,9-/m1/s1. The van der Waals surface area contributed by atoms with E-state index in [1.54, 1.807) is 0 Å². The Bertz CT molecular complexity index is 581. The Morgan fingerprint density at radius 3 is 2.74 bits per heavy atom. The SMILES string of the molecule is O=c1ccn([C@@H]2O[C@@](CO)(CCl)CC2(F)F)c(=O)[nH]1. The number of hydrogen-bond donors (Lipinski definition) is 2. The second-order valence-corrected chi connectivity index (χ2v) is 4.67. The lowest BCUT2D eigenvalue weighted by Gasteiger charge is -2.23. The number of hydrogen-bond acceptors (Lipinski definition) is 4. The van der Waals surface area contributed by atoms with Crippen molar-refractivity contribution in [1.82, 2.24) is 9.55 Å². The molecule has 0 bridgehead atoms. The summed E-state index contributed by atoms with van der Waals surface area (Å²) in [5, 5.41) is 9.14. The highest BCUT2D eigenvalue weighted by atomic mass is 35.5. The van der Waals surface area contributed by atoms with E-state index in [1.165, 1.54) is 0 Å². The van der Waals surface area contributed by atoms with Crippen molar-refractivity contribution in [3.05, 3.63) is 33.1 Å². The van der Waals surface area contributed by atoms with Crippen LogP contribution in [0.15, 0.2) is 21.9 Å². The number of aromatic nitrogens is 2. The molecule has 0 radical (unpaired) electrons. The van der Waals surface area contributed by atoms with Crippen LogP contribution in [0, 0.1) is 0 Å². The average molecular weight is 297 g/mol. The second kappa shape index (κ2) is 4.69. The van der Waals surface area contributed by atoms with Crippen LogP contribution in [0.5, 0.6) is 0 Å². The summed E-state index contributed by atoms with van der Waals surface area (Å²) >= 11 is 5.55. The van der Waals surface area contributed by atoms with Crippen molar-refractivity contribution in [2.75, 3.05) is 12.5 Å². The molecule has 6 nitrogen and oxygen atoms in total. The Morgan fingerprint density at radius 2 is 2.26 bits per heavy atom. The van der Waals surface area contributed by atoms with Crippen molar-refractivity contribution in [1.29, 1.82) is 0 Å². The van der Waals surface area contributed by atoms with Crippen LogP contribution >= 0.6 is 11.6 Å². The Balaban J connectivity index is 2.45. The zero-order valence-electron chi connectivity index (χ0n) is 9.61. The smallest absolute Gasteiger partial charge is 0.330 e. The third-order valence-electron chi connectivity index (χ3n) is 2.92. The number of aliphatic hydroxyl groups excluding tert-OH is 1. The van der Waals surface area contributed by atoms with E-state index < -0.39 is 42.0 Å². The Hall–Kier alpha value is -1.25. The van der Waals surface area contributed by atoms with Crippen molar-refractivity contribution in [3.8, 4) is 0 Å². The molecule has 0 spiro atoms. The van der Waals surface area contributed by atoms with Crippen LogP contribution in [0.3, 0.4) is 0 Å².